The van der Waals surface area contributed by atoms with Gasteiger partial charge in [0.2, 0.25) is 11.8 Å². The van der Waals surface area contributed by atoms with E-state index in [-0.39, 0.29) is 24.4 Å². The number of amides is 1. The van der Waals surface area contributed by atoms with Crippen molar-refractivity contribution in [2.75, 3.05) is 26.7 Å². The van der Waals surface area contributed by atoms with Crippen molar-refractivity contribution in [3.63, 3.8) is 0 Å². The number of hydrogen-bond donors (Lipinski definition) is 0. The average Bonchev–Trinajstić information content (AvgIpc) is 3.09. The Kier molecular flexibility index (Phi) is 5.08. The summed E-state index contributed by atoms with van der Waals surface area (Å²) in [6.45, 7) is 2.01. The first-order valence-electron chi connectivity index (χ1n) is 9.28. The molecule has 3 aromatic rings. The fraction of sp³-hybridized carbons (Fsp3) is 0.286. The Labute approximate surface area is 162 Å². The van der Waals surface area contributed by atoms with Crippen LogP contribution in [-0.4, -0.2) is 52.2 Å². The molecule has 0 bridgehead atoms. The molecule has 1 amide bonds. The lowest BCUT2D eigenvalue weighted by molar-refractivity contribution is -0.137. The largest absolute Gasteiger partial charge is 0.437 e. The smallest absolute Gasteiger partial charge is 0.388 e. The van der Waals surface area contributed by atoms with Crippen LogP contribution >= 0.6 is 0 Å². The van der Waals surface area contributed by atoms with Gasteiger partial charge in [0.15, 0.2) is 0 Å². The van der Waals surface area contributed by atoms with Crippen molar-refractivity contribution < 1.29 is 9.21 Å². The van der Waals surface area contributed by atoms with Crippen LogP contribution in [0.1, 0.15) is 11.6 Å². The first-order chi connectivity index (χ1) is 13.6. The Morgan fingerprint density at radius 2 is 1.75 bits per heavy atom. The molecular weight excluding hydrogens is 356 g/mol. The Morgan fingerprint density at radius 1 is 1.07 bits per heavy atom. The van der Waals surface area contributed by atoms with Gasteiger partial charge in [-0.1, -0.05) is 48.5 Å². The van der Waals surface area contributed by atoms with Crippen LogP contribution in [0, 0.1) is 0 Å². The van der Waals surface area contributed by atoms with Crippen LogP contribution < -0.4 is 5.76 Å². The lowest BCUT2D eigenvalue weighted by Gasteiger charge is -2.40. The molecule has 4 rings (SSSR count). The molecule has 2 heterocycles. The lowest BCUT2D eigenvalue weighted by Crippen LogP contribution is -2.50. The number of rotatable bonds is 4. The van der Waals surface area contributed by atoms with E-state index in [4.69, 9.17) is 4.42 Å². The zero-order valence-electron chi connectivity index (χ0n) is 15.7. The van der Waals surface area contributed by atoms with Gasteiger partial charge in [-0.2, -0.15) is 4.68 Å². The first kappa shape index (κ1) is 18.2. The molecule has 0 radical (unpaired) electrons. The molecule has 7 nitrogen and oxygen atoms in total. The van der Waals surface area contributed by atoms with E-state index in [0.717, 1.165) is 23.3 Å². The number of carbonyl (C=O) groups is 1. The van der Waals surface area contributed by atoms with Crippen LogP contribution in [0.25, 0.3) is 11.5 Å². The highest BCUT2D eigenvalue weighted by molar-refractivity contribution is 5.76. The Morgan fingerprint density at radius 3 is 2.46 bits per heavy atom. The first-order valence-corrected chi connectivity index (χ1v) is 9.28. The summed E-state index contributed by atoms with van der Waals surface area (Å²) in [5.74, 6) is -0.550. The van der Waals surface area contributed by atoms with Crippen LogP contribution in [0.3, 0.4) is 0 Å². The third-order valence-electron chi connectivity index (χ3n) is 5.00. The van der Waals surface area contributed by atoms with Gasteiger partial charge >= 0.3 is 5.76 Å². The van der Waals surface area contributed by atoms with Crippen molar-refractivity contribution in [2.24, 2.45) is 0 Å². The SMILES string of the molecule is CN1CCN(C(=O)Cn2nc(-c3ccccc3)oc2=O)C(c2ccccc2)C1. The topological polar surface area (TPSA) is 71.6 Å². The number of likely N-dealkylation sites (N-methyl/N-ethyl adjacent to an activating group) is 1. The van der Waals surface area contributed by atoms with E-state index in [0.29, 0.717) is 12.1 Å². The van der Waals surface area contributed by atoms with Gasteiger partial charge in [0, 0.05) is 25.2 Å². The summed E-state index contributed by atoms with van der Waals surface area (Å²) < 4.78 is 6.34. The molecule has 2 aromatic carbocycles. The Hall–Kier alpha value is -3.19. The molecule has 1 aliphatic heterocycles. The molecule has 1 fully saturated rings. The van der Waals surface area contributed by atoms with Crippen LogP contribution in [0.4, 0.5) is 0 Å². The van der Waals surface area contributed by atoms with Crippen LogP contribution in [0.15, 0.2) is 69.9 Å². The third kappa shape index (κ3) is 3.75. The maximum absolute atomic E-state index is 13.0. The van der Waals surface area contributed by atoms with Crippen LogP contribution in [0.2, 0.25) is 0 Å². The standard InChI is InChI=1S/C21H22N4O3/c1-23-12-13-24(18(14-23)16-8-4-2-5-9-16)19(26)15-25-21(27)28-20(22-25)17-10-6-3-7-11-17/h2-11,18H,12-15H2,1H3. The fourth-order valence-electron chi connectivity index (χ4n) is 3.50. The number of aromatic nitrogens is 2. The normalized spacial score (nSPS) is 17.6. The van der Waals surface area contributed by atoms with E-state index in [1.54, 1.807) is 0 Å². The van der Waals surface area contributed by atoms with Crippen LogP contribution in [-0.2, 0) is 11.3 Å². The minimum absolute atomic E-state index is 0.0522. The van der Waals surface area contributed by atoms with Gasteiger partial charge in [-0.3, -0.25) is 4.79 Å². The maximum Gasteiger partial charge on any atom is 0.437 e. The molecule has 0 saturated carbocycles. The van der Waals surface area contributed by atoms with E-state index in [1.165, 1.54) is 0 Å². The molecule has 0 spiro atoms. The van der Waals surface area contributed by atoms with E-state index in [2.05, 4.69) is 10.00 Å². The molecule has 7 heteroatoms. The van der Waals surface area contributed by atoms with Crippen LogP contribution in [0.5, 0.6) is 0 Å². The van der Waals surface area contributed by atoms with Gasteiger partial charge in [-0.15, -0.1) is 5.10 Å². The number of hydrogen-bond acceptors (Lipinski definition) is 5. The molecule has 0 N–H and O–H groups in total. The van der Waals surface area contributed by atoms with Crippen molar-refractivity contribution in [1.82, 2.24) is 19.6 Å². The summed E-state index contributed by atoms with van der Waals surface area (Å²) in [6, 6.07) is 19.1. The minimum Gasteiger partial charge on any atom is -0.388 e. The van der Waals surface area contributed by atoms with Gasteiger partial charge in [0.1, 0.15) is 6.54 Å². The molecule has 1 saturated heterocycles. The zero-order valence-corrected chi connectivity index (χ0v) is 15.7. The Bertz CT molecular complexity index is 997. The van der Waals surface area contributed by atoms with Gasteiger partial charge in [0.25, 0.3) is 0 Å². The summed E-state index contributed by atoms with van der Waals surface area (Å²) in [4.78, 5) is 29.2. The number of benzene rings is 2. The summed E-state index contributed by atoms with van der Waals surface area (Å²) in [6.07, 6.45) is 0. The highest BCUT2D eigenvalue weighted by Gasteiger charge is 2.30. The molecule has 144 valence electrons. The quantitative estimate of drug-likeness (QED) is 0.695. The molecule has 1 atom stereocenters. The second-order valence-electron chi connectivity index (χ2n) is 6.97. The number of piperazine rings is 1. The second-order valence-corrected chi connectivity index (χ2v) is 6.97. The highest BCUT2D eigenvalue weighted by Crippen LogP contribution is 2.25. The molecule has 28 heavy (non-hydrogen) atoms. The van der Waals surface area contributed by atoms with Crippen molar-refractivity contribution in [2.45, 2.75) is 12.6 Å². The monoisotopic (exact) mass is 378 g/mol. The number of carbonyl (C=O) groups excluding carboxylic acids is 1. The van der Waals surface area contributed by atoms with Crippen molar-refractivity contribution in [3.05, 3.63) is 76.8 Å². The van der Waals surface area contributed by atoms with Crippen molar-refractivity contribution >= 4 is 5.91 Å². The van der Waals surface area contributed by atoms with Gasteiger partial charge < -0.3 is 14.2 Å². The molecule has 1 aromatic heterocycles. The fourth-order valence-corrected chi connectivity index (χ4v) is 3.50. The highest BCUT2D eigenvalue weighted by atomic mass is 16.4. The summed E-state index contributed by atoms with van der Waals surface area (Å²) in [5, 5.41) is 4.21. The van der Waals surface area contributed by atoms with E-state index < -0.39 is 5.76 Å². The summed E-state index contributed by atoms with van der Waals surface area (Å²) >= 11 is 0. The Balaban J connectivity index is 1.56. The predicted molar refractivity (Wildman–Crippen MR) is 105 cm³/mol. The van der Waals surface area contributed by atoms with Crippen molar-refractivity contribution in [1.29, 1.82) is 0 Å². The van der Waals surface area contributed by atoms with E-state index in [9.17, 15) is 9.59 Å². The van der Waals surface area contributed by atoms with E-state index in [1.807, 2.05) is 72.6 Å². The molecular formula is C21H22N4O3. The van der Waals surface area contributed by atoms with Gasteiger partial charge in [0.05, 0.1) is 6.04 Å². The minimum atomic E-state index is -0.627. The summed E-state index contributed by atoms with van der Waals surface area (Å²) in [5.41, 5.74) is 1.78. The lowest BCUT2D eigenvalue weighted by atomic mass is 10.0. The molecule has 1 unspecified atom stereocenters. The predicted octanol–water partition coefficient (Wildman–Crippen LogP) is 2.02. The third-order valence-corrected chi connectivity index (χ3v) is 5.00. The average molecular weight is 378 g/mol. The summed E-state index contributed by atoms with van der Waals surface area (Å²) in [7, 11) is 2.05. The van der Waals surface area contributed by atoms with Gasteiger partial charge in [-0.25, -0.2) is 4.79 Å². The van der Waals surface area contributed by atoms with Crippen molar-refractivity contribution in [3.8, 4) is 11.5 Å². The number of nitrogens with zero attached hydrogens (tertiary/aromatic N) is 4. The zero-order chi connectivity index (χ0) is 19.5. The van der Waals surface area contributed by atoms with Gasteiger partial charge in [-0.05, 0) is 24.7 Å². The molecule has 0 aliphatic carbocycles. The maximum atomic E-state index is 13.0. The molecule has 1 aliphatic rings. The second kappa shape index (κ2) is 7.82. The van der Waals surface area contributed by atoms with E-state index >= 15 is 0 Å².